The van der Waals surface area contributed by atoms with Crippen molar-refractivity contribution in [2.24, 2.45) is 0 Å². The van der Waals surface area contributed by atoms with E-state index in [1.165, 1.54) is 0 Å². The van der Waals surface area contributed by atoms with Gasteiger partial charge in [0.2, 0.25) is 5.95 Å². The lowest BCUT2D eigenvalue weighted by atomic mass is 10.2. The number of amides is 1. The third-order valence-corrected chi connectivity index (χ3v) is 4.25. The van der Waals surface area contributed by atoms with Gasteiger partial charge in [0.15, 0.2) is 5.76 Å². The Morgan fingerprint density at radius 2 is 1.76 bits per heavy atom. The maximum atomic E-state index is 12.5. The number of furan rings is 1. The van der Waals surface area contributed by atoms with Crippen molar-refractivity contribution in [3.8, 4) is 0 Å². The predicted octanol–water partition coefficient (Wildman–Crippen LogP) is 4.96. The molecule has 2 heterocycles. The van der Waals surface area contributed by atoms with Gasteiger partial charge in [-0.25, -0.2) is 4.98 Å². The summed E-state index contributed by atoms with van der Waals surface area (Å²) < 4.78 is 5.60. The minimum atomic E-state index is -0.288. The van der Waals surface area contributed by atoms with E-state index in [-0.39, 0.29) is 11.7 Å². The van der Waals surface area contributed by atoms with Crippen molar-refractivity contribution >= 4 is 40.0 Å². The molecule has 0 aliphatic heterocycles. The number of hydrogen-bond acceptors (Lipinski definition) is 6. The van der Waals surface area contributed by atoms with Crippen LogP contribution in [-0.2, 0) is 0 Å². The summed E-state index contributed by atoms with van der Waals surface area (Å²) in [6, 6.07) is 18.5. The Balaban J connectivity index is 1.44. The van der Waals surface area contributed by atoms with E-state index in [1.807, 2.05) is 68.4 Å². The second-order valence-corrected chi connectivity index (χ2v) is 6.55. The molecule has 2 aromatic heterocycles. The molecule has 0 spiro atoms. The number of anilines is 4. The van der Waals surface area contributed by atoms with Crippen molar-refractivity contribution in [1.29, 1.82) is 0 Å². The van der Waals surface area contributed by atoms with Crippen LogP contribution in [0.15, 0.2) is 65.1 Å². The number of rotatable bonds is 6. The van der Waals surface area contributed by atoms with Crippen molar-refractivity contribution in [3.63, 3.8) is 0 Å². The van der Waals surface area contributed by atoms with Gasteiger partial charge >= 0.3 is 0 Å². The summed E-state index contributed by atoms with van der Waals surface area (Å²) in [5, 5.41) is 10.1. The van der Waals surface area contributed by atoms with Gasteiger partial charge in [-0.05, 0) is 50.2 Å². The molecule has 1 amide bonds. The number of aryl methyl sites for hydroxylation is 1. The first-order chi connectivity index (χ1) is 14.1. The summed E-state index contributed by atoms with van der Waals surface area (Å²) in [7, 11) is 0. The van der Waals surface area contributed by atoms with Crippen LogP contribution in [0.3, 0.4) is 0 Å². The van der Waals surface area contributed by atoms with Crippen LogP contribution in [0.25, 0.3) is 11.0 Å². The molecule has 29 heavy (non-hydrogen) atoms. The zero-order chi connectivity index (χ0) is 20.2. The van der Waals surface area contributed by atoms with E-state index >= 15 is 0 Å². The molecule has 2 aromatic carbocycles. The van der Waals surface area contributed by atoms with Crippen molar-refractivity contribution in [1.82, 2.24) is 9.97 Å². The van der Waals surface area contributed by atoms with Crippen molar-refractivity contribution in [2.45, 2.75) is 13.8 Å². The number of para-hydroxylation sites is 1. The van der Waals surface area contributed by atoms with E-state index < -0.39 is 0 Å². The van der Waals surface area contributed by atoms with Crippen LogP contribution >= 0.6 is 0 Å². The van der Waals surface area contributed by atoms with Crippen LogP contribution in [0.4, 0.5) is 23.1 Å². The van der Waals surface area contributed by atoms with Gasteiger partial charge in [-0.1, -0.05) is 18.2 Å². The first-order valence-corrected chi connectivity index (χ1v) is 9.37. The summed E-state index contributed by atoms with van der Waals surface area (Å²) in [4.78, 5) is 21.2. The number of carbonyl (C=O) groups is 1. The molecule has 0 fully saturated rings. The molecule has 0 unspecified atom stereocenters. The third-order valence-electron chi connectivity index (χ3n) is 4.25. The molecule has 0 aliphatic carbocycles. The molecule has 0 radical (unpaired) electrons. The lowest BCUT2D eigenvalue weighted by Gasteiger charge is -2.10. The molecule has 4 rings (SSSR count). The van der Waals surface area contributed by atoms with Crippen molar-refractivity contribution < 1.29 is 9.21 Å². The molecule has 0 saturated carbocycles. The van der Waals surface area contributed by atoms with Gasteiger partial charge in [0, 0.05) is 35.1 Å². The molecule has 0 aliphatic rings. The second-order valence-electron chi connectivity index (χ2n) is 6.55. The molecule has 7 heteroatoms. The largest absolute Gasteiger partial charge is 0.451 e. The van der Waals surface area contributed by atoms with Gasteiger partial charge in [0.25, 0.3) is 5.91 Å². The maximum Gasteiger partial charge on any atom is 0.291 e. The standard InChI is InChI=1S/C22H21N5O2/c1-3-23-22-24-14(2)12-20(27-22)25-16-8-10-17(11-9-16)26-21(28)19-13-15-6-4-5-7-18(15)29-19/h4-13H,3H2,1-2H3,(H,26,28)(H2,23,24,25,27). The van der Waals surface area contributed by atoms with Crippen LogP contribution in [0.1, 0.15) is 23.2 Å². The van der Waals surface area contributed by atoms with Gasteiger partial charge < -0.3 is 20.4 Å². The summed E-state index contributed by atoms with van der Waals surface area (Å²) in [5.41, 5.74) is 3.09. The van der Waals surface area contributed by atoms with Crippen LogP contribution in [0, 0.1) is 6.92 Å². The average molecular weight is 387 g/mol. The first kappa shape index (κ1) is 18.5. The molecular weight excluding hydrogens is 366 g/mol. The van der Waals surface area contributed by atoms with E-state index in [1.54, 1.807) is 6.07 Å². The first-order valence-electron chi connectivity index (χ1n) is 9.37. The number of nitrogens with zero attached hydrogens (tertiary/aromatic N) is 2. The topological polar surface area (TPSA) is 92.1 Å². The van der Waals surface area contributed by atoms with Gasteiger partial charge in [-0.15, -0.1) is 0 Å². The fourth-order valence-corrected chi connectivity index (χ4v) is 2.94. The Morgan fingerprint density at radius 3 is 2.52 bits per heavy atom. The zero-order valence-electron chi connectivity index (χ0n) is 16.2. The highest BCUT2D eigenvalue weighted by Crippen LogP contribution is 2.22. The van der Waals surface area contributed by atoms with Crippen molar-refractivity contribution in [3.05, 3.63) is 72.1 Å². The smallest absolute Gasteiger partial charge is 0.291 e. The number of benzene rings is 2. The van der Waals surface area contributed by atoms with E-state index in [9.17, 15) is 4.79 Å². The molecule has 7 nitrogen and oxygen atoms in total. The Bertz CT molecular complexity index is 1120. The van der Waals surface area contributed by atoms with E-state index in [4.69, 9.17) is 4.42 Å². The Hall–Kier alpha value is -3.87. The molecular formula is C22H21N5O2. The predicted molar refractivity (Wildman–Crippen MR) is 115 cm³/mol. The lowest BCUT2D eigenvalue weighted by Crippen LogP contribution is -2.10. The fraction of sp³-hybridized carbons (Fsp3) is 0.136. The van der Waals surface area contributed by atoms with Crippen LogP contribution in [-0.4, -0.2) is 22.4 Å². The SMILES string of the molecule is CCNc1nc(C)cc(Nc2ccc(NC(=O)c3cc4ccccc4o3)cc2)n1. The monoisotopic (exact) mass is 387 g/mol. The van der Waals surface area contributed by atoms with Gasteiger partial charge in [0.05, 0.1) is 0 Å². The Labute approximate surface area is 168 Å². The fourth-order valence-electron chi connectivity index (χ4n) is 2.94. The molecule has 4 aromatic rings. The second kappa shape index (κ2) is 8.02. The minimum absolute atomic E-state index is 0.279. The molecule has 0 saturated heterocycles. The Morgan fingerprint density at radius 1 is 1.00 bits per heavy atom. The maximum absolute atomic E-state index is 12.5. The highest BCUT2D eigenvalue weighted by Gasteiger charge is 2.12. The van der Waals surface area contributed by atoms with Gasteiger partial charge in [-0.2, -0.15) is 4.98 Å². The number of aromatic nitrogens is 2. The molecule has 0 atom stereocenters. The number of nitrogens with one attached hydrogen (secondary N) is 3. The van der Waals surface area contributed by atoms with E-state index in [2.05, 4.69) is 25.9 Å². The van der Waals surface area contributed by atoms with E-state index in [0.717, 1.165) is 23.3 Å². The number of hydrogen-bond donors (Lipinski definition) is 3. The highest BCUT2D eigenvalue weighted by molar-refractivity contribution is 6.04. The summed E-state index contributed by atoms with van der Waals surface area (Å²) in [5.74, 6) is 1.28. The number of fused-ring (bicyclic) bond motifs is 1. The van der Waals surface area contributed by atoms with Crippen LogP contribution < -0.4 is 16.0 Å². The van der Waals surface area contributed by atoms with Gasteiger partial charge in [-0.3, -0.25) is 4.79 Å². The van der Waals surface area contributed by atoms with Gasteiger partial charge in [0.1, 0.15) is 11.4 Å². The molecule has 3 N–H and O–H groups in total. The Kier molecular flexibility index (Phi) is 5.11. The highest BCUT2D eigenvalue weighted by atomic mass is 16.3. The average Bonchev–Trinajstić information content (AvgIpc) is 3.14. The number of carbonyl (C=O) groups excluding carboxylic acids is 1. The third kappa shape index (κ3) is 4.35. The summed E-state index contributed by atoms with van der Waals surface area (Å²) in [6.07, 6.45) is 0. The minimum Gasteiger partial charge on any atom is -0.451 e. The molecule has 146 valence electrons. The zero-order valence-corrected chi connectivity index (χ0v) is 16.2. The normalized spacial score (nSPS) is 10.7. The lowest BCUT2D eigenvalue weighted by molar-refractivity contribution is 0.0998. The van der Waals surface area contributed by atoms with Crippen molar-refractivity contribution in [2.75, 3.05) is 22.5 Å². The summed E-state index contributed by atoms with van der Waals surface area (Å²) in [6.45, 7) is 4.67. The van der Waals surface area contributed by atoms with Crippen LogP contribution in [0.5, 0.6) is 0 Å². The van der Waals surface area contributed by atoms with E-state index in [0.29, 0.717) is 23.0 Å². The van der Waals surface area contributed by atoms with Crippen LogP contribution in [0.2, 0.25) is 0 Å². The quantitative estimate of drug-likeness (QED) is 0.433. The summed E-state index contributed by atoms with van der Waals surface area (Å²) >= 11 is 0. The molecule has 0 bridgehead atoms.